The second-order valence-electron chi connectivity index (χ2n) is 3.63. The maximum absolute atomic E-state index is 11.5. The van der Waals surface area contributed by atoms with Crippen molar-refractivity contribution in [1.82, 2.24) is 4.90 Å². The van der Waals surface area contributed by atoms with Crippen LogP contribution in [0.2, 0.25) is 0 Å². The van der Waals surface area contributed by atoms with E-state index in [1.54, 1.807) is 12.5 Å². The van der Waals surface area contributed by atoms with Crippen molar-refractivity contribution in [3.05, 3.63) is 24.2 Å². The molecule has 0 aliphatic carbocycles. The number of nitrogens with zero attached hydrogens (tertiary/aromatic N) is 1. The molecule has 4 heteroatoms. The molecule has 1 fully saturated rings. The zero-order valence-corrected chi connectivity index (χ0v) is 8.54. The summed E-state index contributed by atoms with van der Waals surface area (Å²) in [5.41, 5.74) is 1.04. The Kier molecular flexibility index (Phi) is 2.77. The molecule has 1 unspecified atom stereocenters. The first-order valence-electron chi connectivity index (χ1n) is 4.64. The SMILES string of the molecule is O=C1CC(CCl)CN1Cc1ccoc1. The van der Waals surface area contributed by atoms with Gasteiger partial charge < -0.3 is 9.32 Å². The fraction of sp³-hybridized carbons (Fsp3) is 0.500. The number of rotatable bonds is 3. The Balaban J connectivity index is 1.96. The normalized spacial score (nSPS) is 21.9. The van der Waals surface area contributed by atoms with Gasteiger partial charge in [-0.25, -0.2) is 0 Å². The highest BCUT2D eigenvalue weighted by Gasteiger charge is 2.28. The molecule has 0 bridgehead atoms. The van der Waals surface area contributed by atoms with E-state index in [9.17, 15) is 4.79 Å². The van der Waals surface area contributed by atoms with E-state index in [2.05, 4.69) is 0 Å². The molecule has 1 aromatic heterocycles. The fourth-order valence-corrected chi connectivity index (χ4v) is 1.92. The Morgan fingerprint density at radius 1 is 1.64 bits per heavy atom. The van der Waals surface area contributed by atoms with E-state index in [0.717, 1.165) is 12.1 Å². The number of hydrogen-bond acceptors (Lipinski definition) is 2. The summed E-state index contributed by atoms with van der Waals surface area (Å²) < 4.78 is 4.95. The molecule has 1 amide bonds. The van der Waals surface area contributed by atoms with Crippen LogP contribution in [-0.2, 0) is 11.3 Å². The lowest BCUT2D eigenvalue weighted by Crippen LogP contribution is -2.24. The molecular weight excluding hydrogens is 202 g/mol. The molecule has 1 atom stereocenters. The molecule has 0 spiro atoms. The van der Waals surface area contributed by atoms with Gasteiger partial charge in [0.15, 0.2) is 0 Å². The van der Waals surface area contributed by atoms with E-state index in [4.69, 9.17) is 16.0 Å². The predicted molar refractivity (Wildman–Crippen MR) is 53.0 cm³/mol. The zero-order chi connectivity index (χ0) is 9.97. The third kappa shape index (κ3) is 1.93. The van der Waals surface area contributed by atoms with Crippen molar-refractivity contribution < 1.29 is 9.21 Å². The van der Waals surface area contributed by atoms with Crippen LogP contribution < -0.4 is 0 Å². The number of amides is 1. The third-order valence-corrected chi connectivity index (χ3v) is 2.90. The number of alkyl halides is 1. The monoisotopic (exact) mass is 213 g/mol. The van der Waals surface area contributed by atoms with E-state index >= 15 is 0 Å². The number of furan rings is 1. The van der Waals surface area contributed by atoms with Crippen LogP contribution >= 0.6 is 11.6 Å². The first-order chi connectivity index (χ1) is 6.79. The summed E-state index contributed by atoms with van der Waals surface area (Å²) in [6, 6.07) is 1.88. The van der Waals surface area contributed by atoms with Crippen molar-refractivity contribution in [2.45, 2.75) is 13.0 Å². The molecule has 0 N–H and O–H groups in total. The lowest BCUT2D eigenvalue weighted by Gasteiger charge is -2.14. The number of carbonyl (C=O) groups is 1. The van der Waals surface area contributed by atoms with Crippen LogP contribution in [0.1, 0.15) is 12.0 Å². The van der Waals surface area contributed by atoms with E-state index in [-0.39, 0.29) is 5.91 Å². The van der Waals surface area contributed by atoms with Gasteiger partial charge in [-0.3, -0.25) is 4.79 Å². The topological polar surface area (TPSA) is 33.5 Å². The lowest BCUT2D eigenvalue weighted by atomic mass is 10.1. The van der Waals surface area contributed by atoms with Gasteiger partial charge in [0, 0.05) is 31.0 Å². The van der Waals surface area contributed by atoms with Gasteiger partial charge in [-0.05, 0) is 12.0 Å². The summed E-state index contributed by atoms with van der Waals surface area (Å²) in [7, 11) is 0. The van der Waals surface area contributed by atoms with Gasteiger partial charge in [0.2, 0.25) is 5.91 Å². The highest BCUT2D eigenvalue weighted by Crippen LogP contribution is 2.20. The highest BCUT2D eigenvalue weighted by atomic mass is 35.5. The first-order valence-corrected chi connectivity index (χ1v) is 5.18. The quantitative estimate of drug-likeness (QED) is 0.719. The Hall–Kier alpha value is -0.960. The number of likely N-dealkylation sites (tertiary alicyclic amines) is 1. The van der Waals surface area contributed by atoms with Gasteiger partial charge in [-0.15, -0.1) is 11.6 Å². The van der Waals surface area contributed by atoms with Gasteiger partial charge in [0.05, 0.1) is 12.5 Å². The van der Waals surface area contributed by atoms with Gasteiger partial charge in [-0.2, -0.15) is 0 Å². The summed E-state index contributed by atoms with van der Waals surface area (Å²) in [5, 5.41) is 0. The average Bonchev–Trinajstić information content (AvgIpc) is 2.78. The zero-order valence-electron chi connectivity index (χ0n) is 7.78. The average molecular weight is 214 g/mol. The largest absolute Gasteiger partial charge is 0.472 e. The molecule has 1 saturated heterocycles. The van der Waals surface area contributed by atoms with Gasteiger partial charge in [-0.1, -0.05) is 0 Å². The van der Waals surface area contributed by atoms with Gasteiger partial charge in [0.1, 0.15) is 0 Å². The summed E-state index contributed by atoms with van der Waals surface area (Å²) in [6.07, 6.45) is 3.87. The minimum atomic E-state index is 0.192. The van der Waals surface area contributed by atoms with E-state index in [0.29, 0.717) is 24.8 Å². The Morgan fingerprint density at radius 3 is 3.07 bits per heavy atom. The molecule has 14 heavy (non-hydrogen) atoms. The molecule has 2 heterocycles. The highest BCUT2D eigenvalue weighted by molar-refractivity contribution is 6.18. The summed E-state index contributed by atoms with van der Waals surface area (Å²) in [6.45, 7) is 1.41. The smallest absolute Gasteiger partial charge is 0.223 e. The molecule has 3 nitrogen and oxygen atoms in total. The van der Waals surface area contributed by atoms with Crippen molar-refractivity contribution in [1.29, 1.82) is 0 Å². The molecule has 2 rings (SSSR count). The summed E-state index contributed by atoms with van der Waals surface area (Å²) >= 11 is 5.72. The number of hydrogen-bond donors (Lipinski definition) is 0. The summed E-state index contributed by atoms with van der Waals surface area (Å²) in [5.74, 6) is 1.07. The Bertz CT molecular complexity index is 310. The molecule has 0 saturated carbocycles. The lowest BCUT2D eigenvalue weighted by molar-refractivity contribution is -0.128. The predicted octanol–water partition coefficient (Wildman–Crippen LogP) is 1.87. The Morgan fingerprint density at radius 2 is 2.50 bits per heavy atom. The minimum Gasteiger partial charge on any atom is -0.472 e. The van der Waals surface area contributed by atoms with E-state index in [1.807, 2.05) is 11.0 Å². The fourth-order valence-electron chi connectivity index (χ4n) is 1.71. The molecule has 0 aromatic carbocycles. The van der Waals surface area contributed by atoms with Crippen LogP contribution in [-0.4, -0.2) is 23.2 Å². The molecule has 1 aliphatic rings. The van der Waals surface area contributed by atoms with Crippen molar-refractivity contribution in [3.63, 3.8) is 0 Å². The van der Waals surface area contributed by atoms with Crippen molar-refractivity contribution in [3.8, 4) is 0 Å². The third-order valence-electron chi connectivity index (χ3n) is 2.47. The van der Waals surface area contributed by atoms with Crippen molar-refractivity contribution in [2.75, 3.05) is 12.4 Å². The van der Waals surface area contributed by atoms with Gasteiger partial charge in [0.25, 0.3) is 0 Å². The second kappa shape index (κ2) is 4.05. The molecule has 1 aliphatic heterocycles. The van der Waals surface area contributed by atoms with Crippen LogP contribution in [0.15, 0.2) is 23.0 Å². The first kappa shape index (κ1) is 9.59. The van der Waals surface area contributed by atoms with Crippen molar-refractivity contribution in [2.24, 2.45) is 5.92 Å². The number of halogens is 1. The van der Waals surface area contributed by atoms with Crippen molar-refractivity contribution >= 4 is 17.5 Å². The molecular formula is C10H12ClNO2. The van der Waals surface area contributed by atoms with Gasteiger partial charge >= 0.3 is 0 Å². The maximum atomic E-state index is 11.5. The maximum Gasteiger partial charge on any atom is 0.223 e. The molecule has 76 valence electrons. The van der Waals surface area contributed by atoms with Crippen LogP contribution in [0.3, 0.4) is 0 Å². The van der Waals surface area contributed by atoms with Crippen LogP contribution in [0.25, 0.3) is 0 Å². The van der Waals surface area contributed by atoms with Crippen LogP contribution in [0.5, 0.6) is 0 Å². The standard InChI is InChI=1S/C10H12ClNO2/c11-4-9-3-10(13)12(6-9)5-8-1-2-14-7-8/h1-2,7,9H,3-6H2. The van der Waals surface area contributed by atoms with E-state index in [1.165, 1.54) is 0 Å². The van der Waals surface area contributed by atoms with Crippen LogP contribution in [0.4, 0.5) is 0 Å². The summed E-state index contributed by atoms with van der Waals surface area (Å²) in [4.78, 5) is 13.3. The Labute approximate surface area is 87.6 Å². The van der Waals surface area contributed by atoms with Crippen LogP contribution in [0, 0.1) is 5.92 Å². The number of carbonyl (C=O) groups excluding carboxylic acids is 1. The second-order valence-corrected chi connectivity index (χ2v) is 3.94. The molecule has 0 radical (unpaired) electrons. The molecule has 1 aromatic rings. The minimum absolute atomic E-state index is 0.192. The van der Waals surface area contributed by atoms with E-state index < -0.39 is 0 Å².